The minimum Gasteiger partial charge on any atom is -0.458 e. The van der Waals surface area contributed by atoms with Crippen LogP contribution in [0.2, 0.25) is 0 Å². The molecule has 136 valence electrons. The van der Waals surface area contributed by atoms with Gasteiger partial charge in [0, 0.05) is 12.7 Å². The van der Waals surface area contributed by atoms with Gasteiger partial charge in [-0.1, -0.05) is 18.2 Å². The summed E-state index contributed by atoms with van der Waals surface area (Å²) in [6.07, 6.45) is 4.38. The van der Waals surface area contributed by atoms with Crippen LogP contribution in [0.5, 0.6) is 0 Å². The zero-order valence-corrected chi connectivity index (χ0v) is 14.5. The number of amidine groups is 1. The number of fused-ring (bicyclic) bond motifs is 1. The SMILES string of the molecule is O=C(OCCOC(=O)c1ccccc1)C1=CN2CCS(=O)(=O)N=C2C=C1. The average molecular weight is 376 g/mol. The number of ether oxygens (including phenoxy) is 2. The molecule has 0 unspecified atom stereocenters. The number of hydrogen-bond donors (Lipinski definition) is 0. The number of esters is 2. The Morgan fingerprint density at radius 3 is 2.46 bits per heavy atom. The fourth-order valence-electron chi connectivity index (χ4n) is 2.33. The van der Waals surface area contributed by atoms with Crippen LogP contribution >= 0.6 is 0 Å². The maximum absolute atomic E-state index is 12.0. The maximum atomic E-state index is 12.0. The van der Waals surface area contributed by atoms with Crippen LogP contribution in [0.3, 0.4) is 0 Å². The van der Waals surface area contributed by atoms with Crippen molar-refractivity contribution in [1.29, 1.82) is 0 Å². The highest BCUT2D eigenvalue weighted by molar-refractivity contribution is 7.90. The molecule has 2 aliphatic heterocycles. The summed E-state index contributed by atoms with van der Waals surface area (Å²) in [5.41, 5.74) is 0.682. The molecule has 0 radical (unpaired) electrons. The molecule has 0 bridgehead atoms. The second-order valence-corrected chi connectivity index (χ2v) is 7.24. The van der Waals surface area contributed by atoms with E-state index in [2.05, 4.69) is 4.40 Å². The molecule has 0 aromatic heterocycles. The standard InChI is InChI=1S/C17H16N2O6S/c20-16(13-4-2-1-3-5-13)24-9-10-25-17(21)14-6-7-15-18-26(22,23)11-8-19(15)12-14/h1-7,12H,8-11H2. The lowest BCUT2D eigenvalue weighted by Gasteiger charge is -2.26. The van der Waals surface area contributed by atoms with E-state index in [-0.39, 0.29) is 36.9 Å². The summed E-state index contributed by atoms with van der Waals surface area (Å²) in [6.45, 7) is 0.0695. The van der Waals surface area contributed by atoms with Crippen LogP contribution in [0.15, 0.2) is 58.7 Å². The van der Waals surface area contributed by atoms with Gasteiger partial charge in [-0.2, -0.15) is 0 Å². The maximum Gasteiger partial charge on any atom is 0.339 e. The van der Waals surface area contributed by atoms with Gasteiger partial charge < -0.3 is 14.4 Å². The van der Waals surface area contributed by atoms with E-state index in [1.54, 1.807) is 35.2 Å². The highest BCUT2D eigenvalue weighted by Gasteiger charge is 2.25. The third-order valence-electron chi connectivity index (χ3n) is 3.62. The summed E-state index contributed by atoms with van der Waals surface area (Å²) in [7, 11) is -3.44. The zero-order valence-electron chi connectivity index (χ0n) is 13.7. The number of carbonyl (C=O) groups excluding carboxylic acids is 2. The number of nitrogens with zero attached hydrogens (tertiary/aromatic N) is 2. The van der Waals surface area contributed by atoms with E-state index < -0.39 is 22.0 Å². The van der Waals surface area contributed by atoms with Gasteiger partial charge in [0.25, 0.3) is 10.0 Å². The molecule has 0 N–H and O–H groups in total. The van der Waals surface area contributed by atoms with Crippen molar-refractivity contribution in [3.8, 4) is 0 Å². The number of hydrogen-bond acceptors (Lipinski definition) is 7. The van der Waals surface area contributed by atoms with Crippen LogP contribution in [0.4, 0.5) is 0 Å². The normalized spacial score (nSPS) is 17.6. The van der Waals surface area contributed by atoms with E-state index >= 15 is 0 Å². The van der Waals surface area contributed by atoms with Gasteiger partial charge in [0.15, 0.2) is 0 Å². The molecule has 0 saturated carbocycles. The fourth-order valence-corrected chi connectivity index (χ4v) is 3.30. The van der Waals surface area contributed by atoms with Crippen molar-refractivity contribution < 1.29 is 27.5 Å². The molecule has 2 heterocycles. The van der Waals surface area contributed by atoms with E-state index in [1.807, 2.05) is 0 Å². The van der Waals surface area contributed by atoms with Gasteiger partial charge >= 0.3 is 11.9 Å². The van der Waals surface area contributed by atoms with Crippen LogP contribution in [-0.4, -0.2) is 56.6 Å². The molecule has 0 amide bonds. The third kappa shape index (κ3) is 4.37. The molecule has 0 atom stereocenters. The summed E-state index contributed by atoms with van der Waals surface area (Å²) in [4.78, 5) is 25.4. The summed E-state index contributed by atoms with van der Waals surface area (Å²) in [5, 5.41) is 0. The second kappa shape index (κ2) is 7.52. The van der Waals surface area contributed by atoms with Crippen molar-refractivity contribution in [3.05, 3.63) is 59.8 Å². The van der Waals surface area contributed by atoms with Crippen molar-refractivity contribution in [2.75, 3.05) is 25.5 Å². The van der Waals surface area contributed by atoms with E-state index in [9.17, 15) is 18.0 Å². The molecule has 9 heteroatoms. The quantitative estimate of drug-likeness (QED) is 0.555. The molecule has 1 aromatic rings. The van der Waals surface area contributed by atoms with Crippen molar-refractivity contribution >= 4 is 27.8 Å². The van der Waals surface area contributed by atoms with Crippen LogP contribution < -0.4 is 0 Å². The van der Waals surface area contributed by atoms with Crippen LogP contribution in [0.1, 0.15) is 10.4 Å². The van der Waals surface area contributed by atoms with Gasteiger partial charge in [0.1, 0.15) is 19.0 Å². The molecule has 2 aliphatic rings. The largest absolute Gasteiger partial charge is 0.458 e. The zero-order chi connectivity index (χ0) is 18.6. The summed E-state index contributed by atoms with van der Waals surface area (Å²) in [6, 6.07) is 8.50. The molecule has 0 saturated heterocycles. The van der Waals surface area contributed by atoms with Gasteiger partial charge in [0.2, 0.25) is 0 Å². The van der Waals surface area contributed by atoms with Crippen LogP contribution in [0, 0.1) is 0 Å². The van der Waals surface area contributed by atoms with E-state index in [0.717, 1.165) is 0 Å². The highest BCUT2D eigenvalue weighted by atomic mass is 32.2. The topological polar surface area (TPSA) is 102 Å². The van der Waals surface area contributed by atoms with E-state index in [0.29, 0.717) is 5.56 Å². The first-order valence-corrected chi connectivity index (χ1v) is 9.44. The lowest BCUT2D eigenvalue weighted by Crippen LogP contribution is -2.37. The summed E-state index contributed by atoms with van der Waals surface area (Å²) in [5.74, 6) is -0.929. The lowest BCUT2D eigenvalue weighted by atomic mass is 10.2. The van der Waals surface area contributed by atoms with E-state index in [1.165, 1.54) is 18.4 Å². The summed E-state index contributed by atoms with van der Waals surface area (Å²) >= 11 is 0. The molecule has 0 spiro atoms. The van der Waals surface area contributed by atoms with Gasteiger partial charge in [0.05, 0.1) is 16.9 Å². The molecule has 0 fully saturated rings. The van der Waals surface area contributed by atoms with Crippen molar-refractivity contribution in [2.24, 2.45) is 4.40 Å². The molecule has 26 heavy (non-hydrogen) atoms. The molecule has 8 nitrogen and oxygen atoms in total. The Labute approximate surface area is 150 Å². The Hall–Kier alpha value is -2.94. The fraction of sp³-hybridized carbons (Fsp3) is 0.235. The first kappa shape index (κ1) is 17.9. The van der Waals surface area contributed by atoms with Gasteiger partial charge in [-0.25, -0.2) is 18.0 Å². The van der Waals surface area contributed by atoms with Gasteiger partial charge in [-0.05, 0) is 24.3 Å². The van der Waals surface area contributed by atoms with E-state index in [4.69, 9.17) is 9.47 Å². The molecule has 3 rings (SSSR count). The smallest absolute Gasteiger partial charge is 0.339 e. The molecular formula is C17H16N2O6S. The van der Waals surface area contributed by atoms with Gasteiger partial charge in [-0.3, -0.25) is 0 Å². The minimum atomic E-state index is -3.44. The lowest BCUT2D eigenvalue weighted by molar-refractivity contribution is -0.139. The average Bonchev–Trinajstić information content (AvgIpc) is 2.64. The highest BCUT2D eigenvalue weighted by Crippen LogP contribution is 2.16. The molecule has 1 aromatic carbocycles. The Kier molecular flexibility index (Phi) is 5.17. The van der Waals surface area contributed by atoms with Crippen molar-refractivity contribution in [2.45, 2.75) is 0 Å². The molecule has 0 aliphatic carbocycles. The number of sulfonamides is 1. The van der Waals surface area contributed by atoms with Crippen LogP contribution in [-0.2, 0) is 24.3 Å². The Morgan fingerprint density at radius 2 is 1.73 bits per heavy atom. The monoisotopic (exact) mass is 376 g/mol. The first-order valence-electron chi connectivity index (χ1n) is 7.83. The third-order valence-corrected chi connectivity index (χ3v) is 4.78. The number of rotatable bonds is 5. The number of carbonyl (C=O) groups is 2. The molecular weight excluding hydrogens is 360 g/mol. The second-order valence-electron chi connectivity index (χ2n) is 5.48. The van der Waals surface area contributed by atoms with Gasteiger partial charge in [-0.15, -0.1) is 4.40 Å². The first-order chi connectivity index (χ1) is 12.4. The van der Waals surface area contributed by atoms with Crippen LogP contribution in [0.25, 0.3) is 0 Å². The summed E-state index contributed by atoms with van der Waals surface area (Å²) < 4.78 is 36.6. The van der Waals surface area contributed by atoms with Crippen molar-refractivity contribution in [3.63, 3.8) is 0 Å². The Bertz CT molecular complexity index is 902. The number of benzene rings is 1. The minimum absolute atomic E-state index is 0.0644. The van der Waals surface area contributed by atoms with Crippen molar-refractivity contribution in [1.82, 2.24) is 4.90 Å². The Balaban J connectivity index is 1.48. The Morgan fingerprint density at radius 1 is 1.04 bits per heavy atom. The predicted octanol–water partition coefficient (Wildman–Crippen LogP) is 0.884. The predicted molar refractivity (Wildman–Crippen MR) is 92.8 cm³/mol.